The normalized spacial score (nSPS) is 22.3. The Bertz CT molecular complexity index is 618. The molecular weight excluding hydrogens is 323 g/mol. The van der Waals surface area contributed by atoms with Gasteiger partial charge in [-0.05, 0) is 31.9 Å². The van der Waals surface area contributed by atoms with Crippen LogP contribution in [0.15, 0.2) is 24.3 Å². The molecule has 0 N–H and O–H groups in total. The predicted octanol–water partition coefficient (Wildman–Crippen LogP) is 2.09. The van der Waals surface area contributed by atoms with E-state index in [1.807, 2.05) is 0 Å². The van der Waals surface area contributed by atoms with Crippen LogP contribution < -0.4 is 5.30 Å². The van der Waals surface area contributed by atoms with E-state index in [4.69, 9.17) is 9.26 Å². The van der Waals surface area contributed by atoms with E-state index in [0.29, 0.717) is 18.5 Å². The number of nitro groups is 1. The molecule has 1 heterocycles. The summed E-state index contributed by atoms with van der Waals surface area (Å²) in [7, 11) is -3.44. The maximum atomic E-state index is 13.3. The molecule has 2 rings (SSSR count). The largest absolute Gasteiger partial charge is 0.465 e. The highest BCUT2D eigenvalue weighted by Gasteiger charge is 2.37. The van der Waals surface area contributed by atoms with Crippen molar-refractivity contribution < 1.29 is 23.5 Å². The summed E-state index contributed by atoms with van der Waals surface area (Å²) in [4.78, 5) is 22.0. The number of carbonyl (C=O) groups is 1. The van der Waals surface area contributed by atoms with Crippen LogP contribution in [0.25, 0.3) is 0 Å². The molecular formula is C14H19N2O6P. The van der Waals surface area contributed by atoms with E-state index >= 15 is 0 Å². The van der Waals surface area contributed by atoms with Crippen LogP contribution in [0, 0.1) is 10.1 Å². The molecule has 0 spiro atoms. The third-order valence-electron chi connectivity index (χ3n) is 3.45. The first-order chi connectivity index (χ1) is 11.0. The Balaban J connectivity index is 2.29. The van der Waals surface area contributed by atoms with Crippen LogP contribution in [0.5, 0.6) is 0 Å². The van der Waals surface area contributed by atoms with E-state index in [0.717, 1.165) is 12.8 Å². The van der Waals surface area contributed by atoms with Crippen LogP contribution in [-0.4, -0.2) is 41.9 Å². The van der Waals surface area contributed by atoms with Gasteiger partial charge in [-0.1, -0.05) is 0 Å². The minimum atomic E-state index is -3.44. The number of nitro benzene ring substituents is 1. The first-order valence-corrected chi connectivity index (χ1v) is 8.96. The van der Waals surface area contributed by atoms with Gasteiger partial charge in [0, 0.05) is 18.7 Å². The standard InChI is InChI=1S/C14H19N2O6P/c1-2-21-14(17)11-15-9-3-4-10-22-23(15,20)13-7-5-12(6-8-13)16(18)19/h5-8H,2-4,9-11H2,1H3. The lowest BCUT2D eigenvalue weighted by Gasteiger charge is -2.28. The smallest absolute Gasteiger partial charge is 0.320 e. The van der Waals surface area contributed by atoms with Crippen LogP contribution in [0.1, 0.15) is 19.8 Å². The summed E-state index contributed by atoms with van der Waals surface area (Å²) in [5.41, 5.74) is -0.0906. The van der Waals surface area contributed by atoms with Crippen molar-refractivity contribution in [1.29, 1.82) is 0 Å². The number of ether oxygens (including phenoxy) is 1. The summed E-state index contributed by atoms with van der Waals surface area (Å²) >= 11 is 0. The second-order valence-electron chi connectivity index (χ2n) is 5.03. The first-order valence-electron chi connectivity index (χ1n) is 7.38. The maximum absolute atomic E-state index is 13.3. The molecule has 1 fully saturated rings. The van der Waals surface area contributed by atoms with Gasteiger partial charge in [-0.3, -0.25) is 19.5 Å². The van der Waals surface area contributed by atoms with Crippen molar-refractivity contribution in [3.05, 3.63) is 34.4 Å². The number of non-ortho nitro benzene ring substituents is 1. The predicted molar refractivity (Wildman–Crippen MR) is 83.7 cm³/mol. The molecule has 126 valence electrons. The fourth-order valence-electron chi connectivity index (χ4n) is 2.33. The molecule has 1 aliphatic rings. The van der Waals surface area contributed by atoms with Crippen molar-refractivity contribution in [3.8, 4) is 0 Å². The maximum Gasteiger partial charge on any atom is 0.320 e. The molecule has 1 atom stereocenters. The molecule has 1 aromatic carbocycles. The van der Waals surface area contributed by atoms with Crippen molar-refractivity contribution in [1.82, 2.24) is 4.67 Å². The van der Waals surface area contributed by atoms with Gasteiger partial charge in [0.15, 0.2) is 0 Å². The molecule has 0 radical (unpaired) electrons. The summed E-state index contributed by atoms with van der Waals surface area (Å²) in [6.07, 6.45) is 1.48. The average molecular weight is 342 g/mol. The molecule has 1 aliphatic heterocycles. The van der Waals surface area contributed by atoms with Crippen molar-refractivity contribution in [2.75, 3.05) is 26.3 Å². The zero-order chi connectivity index (χ0) is 16.9. The first kappa shape index (κ1) is 17.6. The highest BCUT2D eigenvalue weighted by atomic mass is 31.2. The number of hydrogen-bond donors (Lipinski definition) is 0. The van der Waals surface area contributed by atoms with E-state index in [1.165, 1.54) is 28.9 Å². The Morgan fingerprint density at radius 2 is 2.09 bits per heavy atom. The van der Waals surface area contributed by atoms with Gasteiger partial charge in [-0.25, -0.2) is 4.67 Å². The third kappa shape index (κ3) is 4.16. The minimum Gasteiger partial charge on any atom is -0.465 e. The molecule has 0 aliphatic carbocycles. The fourth-order valence-corrected chi connectivity index (χ4v) is 4.57. The summed E-state index contributed by atoms with van der Waals surface area (Å²) in [6, 6.07) is 5.41. The van der Waals surface area contributed by atoms with Gasteiger partial charge in [0.05, 0.1) is 23.4 Å². The quantitative estimate of drug-likeness (QED) is 0.350. The molecule has 0 saturated carbocycles. The van der Waals surface area contributed by atoms with Crippen LogP contribution in [0.2, 0.25) is 0 Å². The van der Waals surface area contributed by atoms with E-state index in [-0.39, 0.29) is 18.8 Å². The summed E-state index contributed by atoms with van der Waals surface area (Å²) in [6.45, 7) is 2.56. The Hall–Kier alpha value is -1.76. The number of hydrogen-bond acceptors (Lipinski definition) is 6. The topological polar surface area (TPSA) is 99.0 Å². The highest BCUT2D eigenvalue weighted by Crippen LogP contribution is 2.51. The summed E-state index contributed by atoms with van der Waals surface area (Å²) in [5.74, 6) is -0.472. The number of carbonyl (C=O) groups excluding carboxylic acids is 1. The molecule has 1 saturated heterocycles. The van der Waals surface area contributed by atoms with E-state index < -0.39 is 18.4 Å². The molecule has 1 aromatic rings. The second kappa shape index (κ2) is 7.68. The monoisotopic (exact) mass is 342 g/mol. The molecule has 1 unspecified atom stereocenters. The van der Waals surface area contributed by atoms with Crippen molar-refractivity contribution in [2.24, 2.45) is 0 Å². The lowest BCUT2D eigenvalue weighted by molar-refractivity contribution is -0.384. The van der Waals surface area contributed by atoms with Gasteiger partial charge in [0.1, 0.15) is 6.54 Å². The number of nitrogens with zero attached hydrogens (tertiary/aromatic N) is 2. The lowest BCUT2D eigenvalue weighted by Crippen LogP contribution is -2.32. The van der Waals surface area contributed by atoms with Crippen LogP contribution >= 0.6 is 7.52 Å². The van der Waals surface area contributed by atoms with Gasteiger partial charge in [0.2, 0.25) is 0 Å². The van der Waals surface area contributed by atoms with E-state index in [9.17, 15) is 19.5 Å². The van der Waals surface area contributed by atoms with Crippen LogP contribution in [0.4, 0.5) is 5.69 Å². The van der Waals surface area contributed by atoms with Gasteiger partial charge in [0.25, 0.3) is 5.69 Å². The van der Waals surface area contributed by atoms with Gasteiger partial charge < -0.3 is 9.26 Å². The fraction of sp³-hybridized carbons (Fsp3) is 0.500. The summed E-state index contributed by atoms with van der Waals surface area (Å²) in [5, 5.41) is 11.1. The lowest BCUT2D eigenvalue weighted by atomic mass is 10.3. The molecule has 0 bridgehead atoms. The van der Waals surface area contributed by atoms with Crippen molar-refractivity contribution >= 4 is 24.5 Å². The zero-order valence-electron chi connectivity index (χ0n) is 12.8. The Morgan fingerprint density at radius 3 is 2.70 bits per heavy atom. The Kier molecular flexibility index (Phi) is 5.87. The van der Waals surface area contributed by atoms with E-state index in [1.54, 1.807) is 6.92 Å². The van der Waals surface area contributed by atoms with Crippen molar-refractivity contribution in [3.63, 3.8) is 0 Å². The third-order valence-corrected chi connectivity index (χ3v) is 6.02. The van der Waals surface area contributed by atoms with Crippen molar-refractivity contribution in [2.45, 2.75) is 19.8 Å². The molecule has 0 aromatic heterocycles. The van der Waals surface area contributed by atoms with Gasteiger partial charge in [-0.2, -0.15) is 0 Å². The highest BCUT2D eigenvalue weighted by molar-refractivity contribution is 7.64. The number of rotatable bonds is 5. The SMILES string of the molecule is CCOC(=O)CN1CCCCOP1(=O)c1ccc([N+](=O)[O-])cc1. The van der Waals surface area contributed by atoms with E-state index in [2.05, 4.69) is 0 Å². The number of esters is 1. The van der Waals surface area contributed by atoms with Gasteiger partial charge in [-0.15, -0.1) is 0 Å². The molecule has 9 heteroatoms. The summed E-state index contributed by atoms with van der Waals surface area (Å²) < 4.78 is 25.3. The average Bonchev–Trinajstić information content (AvgIpc) is 2.71. The minimum absolute atomic E-state index is 0.0906. The molecule has 23 heavy (non-hydrogen) atoms. The Labute approximate surface area is 134 Å². The van der Waals surface area contributed by atoms with Crippen LogP contribution in [0.3, 0.4) is 0 Å². The number of benzene rings is 1. The molecule has 8 nitrogen and oxygen atoms in total. The molecule has 0 amide bonds. The zero-order valence-corrected chi connectivity index (χ0v) is 13.7. The second-order valence-corrected chi connectivity index (χ2v) is 7.41. The Morgan fingerprint density at radius 1 is 1.39 bits per heavy atom. The van der Waals surface area contributed by atoms with Gasteiger partial charge >= 0.3 is 13.5 Å². The van der Waals surface area contributed by atoms with Crippen LogP contribution in [-0.2, 0) is 18.6 Å².